The van der Waals surface area contributed by atoms with Gasteiger partial charge in [0.25, 0.3) is 5.56 Å². The Bertz CT molecular complexity index is 705. The fourth-order valence-electron chi connectivity index (χ4n) is 2.47. The standard InChI is InChI=1S/C17H19N3O2/c21-16-11-15(13-5-2-1-3-6-13)19-12-20(16)10-9-18-17(22)14-7-4-8-14/h1-3,5-6,11-12,14H,4,7-10H2,(H,18,22). The van der Waals surface area contributed by atoms with Gasteiger partial charge in [-0.15, -0.1) is 0 Å². The predicted molar refractivity (Wildman–Crippen MR) is 84.3 cm³/mol. The maximum absolute atomic E-state index is 12.1. The van der Waals surface area contributed by atoms with Crippen LogP contribution in [0.4, 0.5) is 0 Å². The third-order valence-electron chi connectivity index (χ3n) is 4.08. The molecule has 0 bridgehead atoms. The predicted octanol–water partition coefficient (Wildman–Crippen LogP) is 1.83. The average Bonchev–Trinajstić information content (AvgIpc) is 2.48. The summed E-state index contributed by atoms with van der Waals surface area (Å²) in [5.41, 5.74) is 1.48. The lowest BCUT2D eigenvalue weighted by atomic mass is 9.85. The van der Waals surface area contributed by atoms with Gasteiger partial charge in [0, 0.05) is 30.6 Å². The van der Waals surface area contributed by atoms with E-state index in [2.05, 4.69) is 10.3 Å². The Balaban J connectivity index is 1.60. The van der Waals surface area contributed by atoms with Crippen molar-refractivity contribution in [3.63, 3.8) is 0 Å². The summed E-state index contributed by atoms with van der Waals surface area (Å²) < 4.78 is 1.52. The summed E-state index contributed by atoms with van der Waals surface area (Å²) in [4.78, 5) is 28.1. The van der Waals surface area contributed by atoms with Crippen molar-refractivity contribution in [2.45, 2.75) is 25.8 Å². The molecule has 1 N–H and O–H groups in total. The number of aromatic nitrogens is 2. The topological polar surface area (TPSA) is 64.0 Å². The van der Waals surface area contributed by atoms with Gasteiger partial charge < -0.3 is 5.32 Å². The number of amides is 1. The van der Waals surface area contributed by atoms with Crippen molar-refractivity contribution in [1.29, 1.82) is 0 Å². The summed E-state index contributed by atoms with van der Waals surface area (Å²) in [6.07, 6.45) is 4.65. The fraction of sp³-hybridized carbons (Fsp3) is 0.353. The fourth-order valence-corrected chi connectivity index (χ4v) is 2.47. The van der Waals surface area contributed by atoms with Crippen LogP contribution in [0.1, 0.15) is 19.3 Å². The molecule has 0 radical (unpaired) electrons. The molecule has 2 aromatic rings. The Morgan fingerprint density at radius 3 is 2.68 bits per heavy atom. The highest BCUT2D eigenvalue weighted by Gasteiger charge is 2.24. The minimum Gasteiger partial charge on any atom is -0.354 e. The Morgan fingerprint density at radius 2 is 2.05 bits per heavy atom. The monoisotopic (exact) mass is 297 g/mol. The summed E-state index contributed by atoms with van der Waals surface area (Å²) in [7, 11) is 0. The van der Waals surface area contributed by atoms with Crippen LogP contribution in [0.2, 0.25) is 0 Å². The molecule has 1 heterocycles. The molecule has 1 aliphatic carbocycles. The molecule has 0 saturated heterocycles. The van der Waals surface area contributed by atoms with Gasteiger partial charge in [0.2, 0.25) is 5.91 Å². The van der Waals surface area contributed by atoms with Crippen LogP contribution in [-0.4, -0.2) is 22.0 Å². The lowest BCUT2D eigenvalue weighted by Gasteiger charge is -2.24. The quantitative estimate of drug-likeness (QED) is 0.915. The van der Waals surface area contributed by atoms with Crippen molar-refractivity contribution in [2.24, 2.45) is 5.92 Å². The lowest BCUT2D eigenvalue weighted by molar-refractivity contribution is -0.127. The van der Waals surface area contributed by atoms with E-state index in [-0.39, 0.29) is 17.4 Å². The van der Waals surface area contributed by atoms with Gasteiger partial charge in [-0.25, -0.2) is 4.98 Å². The third kappa shape index (κ3) is 3.24. The molecule has 22 heavy (non-hydrogen) atoms. The van der Waals surface area contributed by atoms with Crippen LogP contribution in [0.25, 0.3) is 11.3 Å². The van der Waals surface area contributed by atoms with Gasteiger partial charge in [0.1, 0.15) is 0 Å². The maximum atomic E-state index is 12.1. The number of benzene rings is 1. The number of hydrogen-bond acceptors (Lipinski definition) is 3. The van der Waals surface area contributed by atoms with Crippen molar-refractivity contribution in [3.05, 3.63) is 53.1 Å². The molecular formula is C17H19N3O2. The van der Waals surface area contributed by atoms with Crippen LogP contribution >= 0.6 is 0 Å². The van der Waals surface area contributed by atoms with Gasteiger partial charge >= 0.3 is 0 Å². The van der Waals surface area contributed by atoms with Crippen molar-refractivity contribution in [1.82, 2.24) is 14.9 Å². The summed E-state index contributed by atoms with van der Waals surface area (Å²) in [5, 5.41) is 2.88. The SMILES string of the molecule is O=C(NCCn1cnc(-c2ccccc2)cc1=O)C1CCC1. The molecule has 1 aliphatic rings. The molecule has 0 aliphatic heterocycles. The van der Waals surface area contributed by atoms with Gasteiger partial charge in [0.15, 0.2) is 0 Å². The zero-order valence-electron chi connectivity index (χ0n) is 12.4. The van der Waals surface area contributed by atoms with Crippen LogP contribution in [-0.2, 0) is 11.3 Å². The summed E-state index contributed by atoms with van der Waals surface area (Å²) >= 11 is 0. The van der Waals surface area contributed by atoms with E-state index in [1.54, 1.807) is 6.33 Å². The Kier molecular flexibility index (Phi) is 4.32. The summed E-state index contributed by atoms with van der Waals surface area (Å²) in [5.74, 6) is 0.281. The minimum atomic E-state index is -0.105. The first kappa shape index (κ1) is 14.5. The zero-order valence-corrected chi connectivity index (χ0v) is 12.4. The number of rotatable bonds is 5. The van der Waals surface area contributed by atoms with E-state index in [0.717, 1.165) is 24.8 Å². The van der Waals surface area contributed by atoms with E-state index >= 15 is 0 Å². The first-order valence-corrected chi connectivity index (χ1v) is 7.63. The molecule has 1 amide bonds. The number of carbonyl (C=O) groups is 1. The van der Waals surface area contributed by atoms with Crippen molar-refractivity contribution in [2.75, 3.05) is 6.54 Å². The zero-order chi connectivity index (χ0) is 15.4. The van der Waals surface area contributed by atoms with Crippen LogP contribution < -0.4 is 10.9 Å². The Labute approximate surface area is 129 Å². The largest absolute Gasteiger partial charge is 0.354 e. The highest BCUT2D eigenvalue weighted by Crippen LogP contribution is 2.25. The van der Waals surface area contributed by atoms with Crippen LogP contribution in [0, 0.1) is 5.92 Å². The van der Waals surface area contributed by atoms with E-state index in [1.165, 1.54) is 10.6 Å². The normalized spacial score (nSPS) is 14.4. The second kappa shape index (κ2) is 6.56. The first-order chi connectivity index (χ1) is 10.7. The van der Waals surface area contributed by atoms with E-state index in [1.807, 2.05) is 30.3 Å². The molecule has 5 nitrogen and oxygen atoms in total. The highest BCUT2D eigenvalue weighted by molar-refractivity contribution is 5.79. The lowest BCUT2D eigenvalue weighted by Crippen LogP contribution is -2.37. The summed E-state index contributed by atoms with van der Waals surface area (Å²) in [6.45, 7) is 0.904. The highest BCUT2D eigenvalue weighted by atomic mass is 16.2. The van der Waals surface area contributed by atoms with Crippen LogP contribution in [0.5, 0.6) is 0 Å². The molecule has 114 valence electrons. The minimum absolute atomic E-state index is 0.105. The number of nitrogens with one attached hydrogen (secondary N) is 1. The molecule has 1 saturated carbocycles. The molecule has 0 unspecified atom stereocenters. The molecule has 0 atom stereocenters. The Morgan fingerprint density at radius 1 is 1.27 bits per heavy atom. The Hall–Kier alpha value is -2.43. The third-order valence-corrected chi connectivity index (χ3v) is 4.08. The van der Waals surface area contributed by atoms with Gasteiger partial charge in [-0.3, -0.25) is 14.2 Å². The van der Waals surface area contributed by atoms with E-state index in [9.17, 15) is 9.59 Å². The molecule has 1 aromatic heterocycles. The second-order valence-corrected chi connectivity index (χ2v) is 5.59. The van der Waals surface area contributed by atoms with Crippen LogP contribution in [0.3, 0.4) is 0 Å². The number of hydrogen-bond donors (Lipinski definition) is 1. The number of nitrogens with zero attached hydrogens (tertiary/aromatic N) is 2. The average molecular weight is 297 g/mol. The summed E-state index contributed by atoms with van der Waals surface area (Å²) in [6, 6.07) is 11.1. The van der Waals surface area contributed by atoms with E-state index in [4.69, 9.17) is 0 Å². The van der Waals surface area contributed by atoms with E-state index in [0.29, 0.717) is 18.8 Å². The van der Waals surface area contributed by atoms with Gasteiger partial charge in [-0.1, -0.05) is 36.8 Å². The molecular weight excluding hydrogens is 278 g/mol. The molecule has 5 heteroatoms. The molecule has 1 fully saturated rings. The van der Waals surface area contributed by atoms with Crippen molar-refractivity contribution >= 4 is 5.91 Å². The van der Waals surface area contributed by atoms with Crippen molar-refractivity contribution in [3.8, 4) is 11.3 Å². The van der Waals surface area contributed by atoms with Gasteiger partial charge in [-0.2, -0.15) is 0 Å². The second-order valence-electron chi connectivity index (χ2n) is 5.59. The van der Waals surface area contributed by atoms with Gasteiger partial charge in [-0.05, 0) is 12.8 Å². The molecule has 0 spiro atoms. The first-order valence-electron chi connectivity index (χ1n) is 7.63. The van der Waals surface area contributed by atoms with Crippen LogP contribution in [0.15, 0.2) is 47.5 Å². The number of carbonyl (C=O) groups excluding carboxylic acids is 1. The molecule has 1 aromatic carbocycles. The van der Waals surface area contributed by atoms with Crippen molar-refractivity contribution < 1.29 is 4.79 Å². The van der Waals surface area contributed by atoms with E-state index < -0.39 is 0 Å². The maximum Gasteiger partial charge on any atom is 0.253 e. The van der Waals surface area contributed by atoms with Gasteiger partial charge in [0.05, 0.1) is 12.0 Å². The molecule has 3 rings (SSSR count). The smallest absolute Gasteiger partial charge is 0.253 e.